The molecule has 2 amide bonds. The normalized spacial score (nSPS) is 20.4. The number of benzene rings is 1. The van der Waals surface area contributed by atoms with E-state index in [1.54, 1.807) is 6.92 Å². The van der Waals surface area contributed by atoms with Gasteiger partial charge in [0.25, 0.3) is 0 Å². The Hall–Kier alpha value is -2.16. The summed E-state index contributed by atoms with van der Waals surface area (Å²) < 4.78 is 11.6. The largest absolute Gasteiger partial charge is 0.462 e. The number of carbonyl (C=O) groups excluding carboxylic acids is 2. The van der Waals surface area contributed by atoms with Gasteiger partial charge in [-0.15, -0.1) is 11.3 Å². The van der Waals surface area contributed by atoms with Gasteiger partial charge in [-0.1, -0.05) is 0 Å². The number of thiophene rings is 1. The Morgan fingerprint density at radius 1 is 1.30 bits per heavy atom. The minimum absolute atomic E-state index is 0.210. The van der Waals surface area contributed by atoms with Crippen molar-refractivity contribution >= 4 is 39.1 Å². The van der Waals surface area contributed by atoms with Crippen LogP contribution in [0.4, 0.5) is 10.5 Å². The molecule has 2 aliphatic rings. The molecule has 0 radical (unpaired) electrons. The Kier molecular flexibility index (Phi) is 6.86. The molecule has 162 valence electrons. The average molecular weight is 432 g/mol. The first kappa shape index (κ1) is 21.1. The molecule has 7 nitrogen and oxygen atoms in total. The SMILES string of the molecule is CCOC(=O)c1cc2cc(NC(=O)NCC(C3CCOC3)N3CCCC3)ccc2s1. The highest BCUT2D eigenvalue weighted by Crippen LogP contribution is 2.29. The fourth-order valence-corrected chi connectivity index (χ4v) is 5.26. The van der Waals surface area contributed by atoms with Crippen LogP contribution in [0.5, 0.6) is 0 Å². The molecule has 0 saturated carbocycles. The van der Waals surface area contributed by atoms with Gasteiger partial charge in [0, 0.05) is 35.5 Å². The first-order chi connectivity index (χ1) is 14.6. The van der Waals surface area contributed by atoms with E-state index in [2.05, 4.69) is 15.5 Å². The summed E-state index contributed by atoms with van der Waals surface area (Å²) >= 11 is 1.40. The van der Waals surface area contributed by atoms with Crippen molar-refractivity contribution in [1.29, 1.82) is 0 Å². The molecule has 2 aliphatic heterocycles. The van der Waals surface area contributed by atoms with Gasteiger partial charge in [0.15, 0.2) is 0 Å². The molecule has 1 aromatic heterocycles. The van der Waals surface area contributed by atoms with E-state index in [0.29, 0.717) is 35.7 Å². The molecular formula is C22H29N3O4S. The number of fused-ring (bicyclic) bond motifs is 1. The zero-order valence-corrected chi connectivity index (χ0v) is 18.1. The van der Waals surface area contributed by atoms with Gasteiger partial charge in [-0.05, 0) is 68.9 Å². The first-order valence-corrected chi connectivity index (χ1v) is 11.5. The number of carbonyl (C=O) groups is 2. The molecule has 1 aromatic carbocycles. The third-order valence-electron chi connectivity index (χ3n) is 5.84. The molecule has 2 unspecified atom stereocenters. The number of nitrogens with one attached hydrogen (secondary N) is 2. The summed E-state index contributed by atoms with van der Waals surface area (Å²) in [4.78, 5) is 27.5. The van der Waals surface area contributed by atoms with Crippen molar-refractivity contribution in [2.24, 2.45) is 5.92 Å². The van der Waals surface area contributed by atoms with Crippen molar-refractivity contribution in [3.8, 4) is 0 Å². The third kappa shape index (κ3) is 4.94. The maximum absolute atomic E-state index is 12.5. The van der Waals surface area contributed by atoms with E-state index in [4.69, 9.17) is 9.47 Å². The third-order valence-corrected chi connectivity index (χ3v) is 6.94. The number of anilines is 1. The Bertz CT molecular complexity index is 872. The molecule has 2 atom stereocenters. The van der Waals surface area contributed by atoms with Gasteiger partial charge in [0.2, 0.25) is 0 Å². The lowest BCUT2D eigenvalue weighted by Crippen LogP contribution is -2.48. The number of likely N-dealkylation sites (tertiary alicyclic amines) is 1. The van der Waals surface area contributed by atoms with Gasteiger partial charge in [-0.25, -0.2) is 9.59 Å². The molecule has 8 heteroatoms. The predicted octanol–water partition coefficient (Wildman–Crippen LogP) is 3.70. The molecule has 2 aromatic rings. The first-order valence-electron chi connectivity index (χ1n) is 10.7. The highest BCUT2D eigenvalue weighted by Gasteiger charge is 2.32. The highest BCUT2D eigenvalue weighted by atomic mass is 32.1. The topological polar surface area (TPSA) is 79.9 Å². The van der Waals surface area contributed by atoms with Crippen LogP contribution in [-0.2, 0) is 9.47 Å². The van der Waals surface area contributed by atoms with Crippen LogP contribution in [0.25, 0.3) is 10.1 Å². The van der Waals surface area contributed by atoms with Crippen LogP contribution in [-0.4, -0.2) is 62.4 Å². The number of hydrogen-bond acceptors (Lipinski definition) is 6. The minimum Gasteiger partial charge on any atom is -0.462 e. The predicted molar refractivity (Wildman–Crippen MR) is 118 cm³/mol. The van der Waals surface area contributed by atoms with Crippen molar-refractivity contribution in [2.75, 3.05) is 44.8 Å². The second-order valence-corrected chi connectivity index (χ2v) is 8.94. The Morgan fingerprint density at radius 3 is 2.87 bits per heavy atom. The van der Waals surface area contributed by atoms with Crippen LogP contribution in [0.1, 0.15) is 35.9 Å². The lowest BCUT2D eigenvalue weighted by atomic mass is 9.97. The lowest BCUT2D eigenvalue weighted by molar-refractivity contribution is 0.0532. The molecule has 0 bridgehead atoms. The fourth-order valence-electron chi connectivity index (χ4n) is 4.32. The maximum atomic E-state index is 12.5. The Morgan fingerprint density at radius 2 is 2.13 bits per heavy atom. The molecule has 2 fully saturated rings. The molecule has 2 saturated heterocycles. The molecule has 30 heavy (non-hydrogen) atoms. The van der Waals surface area contributed by atoms with Crippen LogP contribution < -0.4 is 10.6 Å². The molecule has 4 rings (SSSR count). The van der Waals surface area contributed by atoms with Crippen molar-refractivity contribution in [2.45, 2.75) is 32.2 Å². The summed E-state index contributed by atoms with van der Waals surface area (Å²) in [5.41, 5.74) is 0.704. The van der Waals surface area contributed by atoms with Crippen LogP contribution >= 0.6 is 11.3 Å². The van der Waals surface area contributed by atoms with E-state index in [9.17, 15) is 9.59 Å². The second-order valence-electron chi connectivity index (χ2n) is 7.85. The van der Waals surface area contributed by atoms with Crippen LogP contribution in [0.15, 0.2) is 24.3 Å². The van der Waals surface area contributed by atoms with Crippen molar-refractivity contribution in [3.63, 3.8) is 0 Å². The van der Waals surface area contributed by atoms with E-state index in [-0.39, 0.29) is 12.0 Å². The molecule has 2 N–H and O–H groups in total. The summed E-state index contributed by atoms with van der Waals surface area (Å²) in [6.45, 7) is 6.56. The smallest absolute Gasteiger partial charge is 0.348 e. The number of ether oxygens (including phenoxy) is 2. The van der Waals surface area contributed by atoms with Gasteiger partial charge in [-0.3, -0.25) is 4.90 Å². The van der Waals surface area contributed by atoms with Crippen molar-refractivity contribution in [3.05, 3.63) is 29.1 Å². The standard InChI is InChI=1S/C22H29N3O4S/c1-2-29-21(26)20-12-16-11-17(5-6-19(16)30-20)24-22(27)23-13-18(15-7-10-28-14-15)25-8-3-4-9-25/h5-6,11-12,15,18H,2-4,7-10,13-14H2,1H3,(H2,23,24,27). The molecular weight excluding hydrogens is 402 g/mol. The van der Waals surface area contributed by atoms with Crippen LogP contribution in [0, 0.1) is 5.92 Å². The van der Waals surface area contributed by atoms with E-state index < -0.39 is 0 Å². The van der Waals surface area contributed by atoms with Gasteiger partial charge < -0.3 is 20.1 Å². The monoisotopic (exact) mass is 431 g/mol. The van der Waals surface area contributed by atoms with E-state index >= 15 is 0 Å². The zero-order valence-electron chi connectivity index (χ0n) is 17.3. The molecule has 0 aliphatic carbocycles. The quantitative estimate of drug-likeness (QED) is 0.654. The Labute approximate surface area is 180 Å². The van der Waals surface area contributed by atoms with Gasteiger partial charge in [-0.2, -0.15) is 0 Å². The maximum Gasteiger partial charge on any atom is 0.348 e. The number of esters is 1. The van der Waals surface area contributed by atoms with Crippen molar-refractivity contribution < 1.29 is 19.1 Å². The summed E-state index contributed by atoms with van der Waals surface area (Å²) in [6.07, 6.45) is 3.51. The number of nitrogens with zero attached hydrogens (tertiary/aromatic N) is 1. The van der Waals surface area contributed by atoms with Gasteiger partial charge in [0.1, 0.15) is 4.88 Å². The molecule has 0 spiro atoms. The summed E-state index contributed by atoms with van der Waals surface area (Å²) in [5, 5.41) is 6.89. The van der Waals surface area contributed by atoms with Gasteiger partial charge in [0.05, 0.1) is 13.2 Å². The number of hydrogen-bond donors (Lipinski definition) is 2. The Balaban J connectivity index is 1.36. The van der Waals surface area contributed by atoms with Crippen LogP contribution in [0.3, 0.4) is 0 Å². The number of amides is 2. The highest BCUT2D eigenvalue weighted by molar-refractivity contribution is 7.20. The van der Waals surface area contributed by atoms with Gasteiger partial charge >= 0.3 is 12.0 Å². The second kappa shape index (κ2) is 9.76. The lowest BCUT2D eigenvalue weighted by Gasteiger charge is -2.31. The molecule has 3 heterocycles. The average Bonchev–Trinajstić information content (AvgIpc) is 3.50. The number of rotatable bonds is 7. The van der Waals surface area contributed by atoms with Crippen molar-refractivity contribution in [1.82, 2.24) is 10.2 Å². The zero-order chi connectivity index (χ0) is 20.9. The van der Waals surface area contributed by atoms with E-state index in [1.165, 1.54) is 24.2 Å². The van der Waals surface area contributed by atoms with Crippen LogP contribution in [0.2, 0.25) is 0 Å². The fraction of sp³-hybridized carbons (Fsp3) is 0.545. The summed E-state index contributed by atoms with van der Waals surface area (Å²) in [7, 11) is 0. The minimum atomic E-state index is -0.310. The number of urea groups is 1. The van der Waals surface area contributed by atoms with E-state index in [0.717, 1.165) is 42.8 Å². The summed E-state index contributed by atoms with van der Waals surface area (Å²) in [5.74, 6) is 0.168. The van der Waals surface area contributed by atoms with E-state index in [1.807, 2.05) is 24.3 Å². The summed E-state index contributed by atoms with van der Waals surface area (Å²) in [6, 6.07) is 7.59.